The van der Waals surface area contributed by atoms with Crippen LogP contribution in [-0.4, -0.2) is 36.4 Å². The van der Waals surface area contributed by atoms with Crippen LogP contribution >= 0.6 is 0 Å². The SMILES string of the molecule is CCC1COC(C)CN1c1ccc(C=CC(=O)O)cc1. The summed E-state index contributed by atoms with van der Waals surface area (Å²) in [6.45, 7) is 5.91. The largest absolute Gasteiger partial charge is 0.478 e. The molecule has 0 bridgehead atoms. The minimum absolute atomic E-state index is 0.240. The van der Waals surface area contributed by atoms with Gasteiger partial charge in [0, 0.05) is 18.3 Å². The summed E-state index contributed by atoms with van der Waals surface area (Å²) in [7, 11) is 0. The molecule has 1 aromatic carbocycles. The predicted octanol–water partition coefficient (Wildman–Crippen LogP) is 2.79. The second-order valence-electron chi connectivity index (χ2n) is 5.12. The van der Waals surface area contributed by atoms with Gasteiger partial charge in [-0.1, -0.05) is 19.1 Å². The maximum absolute atomic E-state index is 10.5. The maximum Gasteiger partial charge on any atom is 0.328 e. The highest BCUT2D eigenvalue weighted by atomic mass is 16.5. The van der Waals surface area contributed by atoms with Gasteiger partial charge in [0.2, 0.25) is 0 Å². The Hall–Kier alpha value is -1.81. The van der Waals surface area contributed by atoms with Crippen LogP contribution in [0.15, 0.2) is 30.3 Å². The number of ether oxygens (including phenoxy) is 1. The van der Waals surface area contributed by atoms with E-state index < -0.39 is 5.97 Å². The maximum atomic E-state index is 10.5. The molecule has 2 atom stereocenters. The van der Waals surface area contributed by atoms with Gasteiger partial charge in [-0.25, -0.2) is 4.79 Å². The molecule has 2 unspecified atom stereocenters. The average molecular weight is 275 g/mol. The molecule has 0 amide bonds. The number of anilines is 1. The van der Waals surface area contributed by atoms with E-state index in [0.29, 0.717) is 6.04 Å². The summed E-state index contributed by atoms with van der Waals surface area (Å²) in [5, 5.41) is 8.62. The summed E-state index contributed by atoms with van der Waals surface area (Å²) in [6, 6.07) is 8.39. The molecule has 0 radical (unpaired) electrons. The Kier molecular flexibility index (Phi) is 4.79. The van der Waals surface area contributed by atoms with Gasteiger partial charge in [0.05, 0.1) is 18.8 Å². The van der Waals surface area contributed by atoms with Crippen molar-refractivity contribution in [3.63, 3.8) is 0 Å². The van der Waals surface area contributed by atoms with Gasteiger partial charge in [0.25, 0.3) is 0 Å². The van der Waals surface area contributed by atoms with E-state index in [9.17, 15) is 4.79 Å². The summed E-state index contributed by atoms with van der Waals surface area (Å²) < 4.78 is 5.70. The molecule has 1 saturated heterocycles. The second-order valence-corrected chi connectivity index (χ2v) is 5.12. The lowest BCUT2D eigenvalue weighted by molar-refractivity contribution is -0.131. The quantitative estimate of drug-likeness (QED) is 0.858. The zero-order valence-electron chi connectivity index (χ0n) is 12.0. The van der Waals surface area contributed by atoms with Crippen molar-refractivity contribution in [2.75, 3.05) is 18.1 Å². The fourth-order valence-corrected chi connectivity index (χ4v) is 2.44. The third kappa shape index (κ3) is 3.61. The summed E-state index contributed by atoms with van der Waals surface area (Å²) in [5.41, 5.74) is 2.06. The number of aliphatic carboxylic acids is 1. The fraction of sp³-hybridized carbons (Fsp3) is 0.438. The number of carbonyl (C=O) groups is 1. The molecule has 0 aliphatic carbocycles. The van der Waals surface area contributed by atoms with E-state index in [1.165, 1.54) is 5.69 Å². The molecule has 0 aromatic heterocycles. The summed E-state index contributed by atoms with van der Waals surface area (Å²) in [4.78, 5) is 12.9. The average Bonchev–Trinajstić information content (AvgIpc) is 2.45. The van der Waals surface area contributed by atoms with Crippen molar-refractivity contribution in [3.05, 3.63) is 35.9 Å². The Balaban J connectivity index is 2.13. The molecule has 4 heteroatoms. The van der Waals surface area contributed by atoms with Crippen molar-refractivity contribution < 1.29 is 14.6 Å². The minimum atomic E-state index is -0.929. The predicted molar refractivity (Wildman–Crippen MR) is 80.0 cm³/mol. The number of nitrogens with zero attached hydrogens (tertiary/aromatic N) is 1. The standard InChI is InChI=1S/C16H21NO3/c1-3-14-11-20-12(2)10-17(14)15-7-4-13(5-8-15)6-9-16(18)19/h4-9,12,14H,3,10-11H2,1-2H3,(H,18,19). The molecule has 108 valence electrons. The number of rotatable bonds is 4. The zero-order valence-corrected chi connectivity index (χ0v) is 12.0. The Morgan fingerprint density at radius 1 is 1.45 bits per heavy atom. The number of carboxylic acids is 1. The van der Waals surface area contributed by atoms with E-state index in [0.717, 1.165) is 31.2 Å². The molecule has 4 nitrogen and oxygen atoms in total. The van der Waals surface area contributed by atoms with E-state index in [-0.39, 0.29) is 6.10 Å². The van der Waals surface area contributed by atoms with Crippen molar-refractivity contribution in [2.24, 2.45) is 0 Å². The van der Waals surface area contributed by atoms with Crippen molar-refractivity contribution in [1.82, 2.24) is 0 Å². The first-order valence-electron chi connectivity index (χ1n) is 6.99. The van der Waals surface area contributed by atoms with Crippen LogP contribution in [0.2, 0.25) is 0 Å². The molecule has 1 aliphatic heterocycles. The van der Waals surface area contributed by atoms with Gasteiger partial charge >= 0.3 is 5.97 Å². The van der Waals surface area contributed by atoms with Gasteiger partial charge < -0.3 is 14.7 Å². The Bertz CT molecular complexity index is 481. The number of hydrogen-bond acceptors (Lipinski definition) is 3. The van der Waals surface area contributed by atoms with Crippen LogP contribution in [-0.2, 0) is 9.53 Å². The Morgan fingerprint density at radius 3 is 2.75 bits per heavy atom. The Morgan fingerprint density at radius 2 is 2.15 bits per heavy atom. The topological polar surface area (TPSA) is 49.8 Å². The van der Waals surface area contributed by atoms with Crippen molar-refractivity contribution in [3.8, 4) is 0 Å². The fourth-order valence-electron chi connectivity index (χ4n) is 2.44. The smallest absolute Gasteiger partial charge is 0.328 e. The Labute approximate surface area is 119 Å². The minimum Gasteiger partial charge on any atom is -0.478 e. The molecular weight excluding hydrogens is 254 g/mol. The summed E-state index contributed by atoms with van der Waals surface area (Å²) in [6.07, 6.45) is 4.05. The molecule has 1 heterocycles. The van der Waals surface area contributed by atoms with Crippen molar-refractivity contribution in [1.29, 1.82) is 0 Å². The molecule has 0 spiro atoms. The molecule has 1 N–H and O–H groups in total. The highest BCUT2D eigenvalue weighted by Crippen LogP contribution is 2.24. The van der Waals surface area contributed by atoms with Crippen LogP contribution in [0.25, 0.3) is 6.08 Å². The van der Waals surface area contributed by atoms with Gasteiger partial charge in [-0.15, -0.1) is 0 Å². The van der Waals surface area contributed by atoms with Crippen LogP contribution in [0.1, 0.15) is 25.8 Å². The lowest BCUT2D eigenvalue weighted by atomic mass is 10.1. The molecule has 20 heavy (non-hydrogen) atoms. The molecule has 1 aromatic rings. The number of hydrogen-bond donors (Lipinski definition) is 1. The first-order chi connectivity index (χ1) is 9.60. The first kappa shape index (κ1) is 14.6. The lowest BCUT2D eigenvalue weighted by Crippen LogP contribution is -2.48. The summed E-state index contributed by atoms with van der Waals surface area (Å²) in [5.74, 6) is -0.929. The van der Waals surface area contributed by atoms with Gasteiger partial charge in [-0.2, -0.15) is 0 Å². The number of benzene rings is 1. The molecule has 0 saturated carbocycles. The number of morpholine rings is 1. The molecule has 1 aliphatic rings. The normalized spacial score (nSPS) is 23.2. The molecular formula is C16H21NO3. The van der Waals surface area contributed by atoms with Gasteiger partial charge in [-0.05, 0) is 37.1 Å². The van der Waals surface area contributed by atoms with Gasteiger partial charge in [0.15, 0.2) is 0 Å². The van der Waals surface area contributed by atoms with E-state index in [1.54, 1.807) is 6.08 Å². The van der Waals surface area contributed by atoms with Gasteiger partial charge in [-0.3, -0.25) is 0 Å². The lowest BCUT2D eigenvalue weighted by Gasteiger charge is -2.40. The zero-order chi connectivity index (χ0) is 14.5. The van der Waals surface area contributed by atoms with Crippen LogP contribution in [0, 0.1) is 0 Å². The molecule has 1 fully saturated rings. The third-order valence-electron chi connectivity index (χ3n) is 3.58. The van der Waals surface area contributed by atoms with Crippen LogP contribution in [0.5, 0.6) is 0 Å². The van der Waals surface area contributed by atoms with E-state index in [1.807, 2.05) is 24.3 Å². The number of carboxylic acid groups (broad SMARTS) is 1. The van der Waals surface area contributed by atoms with Crippen molar-refractivity contribution in [2.45, 2.75) is 32.4 Å². The third-order valence-corrected chi connectivity index (χ3v) is 3.58. The summed E-state index contributed by atoms with van der Waals surface area (Å²) >= 11 is 0. The molecule has 2 rings (SSSR count). The van der Waals surface area contributed by atoms with E-state index in [2.05, 4.69) is 18.7 Å². The van der Waals surface area contributed by atoms with Crippen LogP contribution < -0.4 is 4.90 Å². The van der Waals surface area contributed by atoms with Crippen LogP contribution in [0.4, 0.5) is 5.69 Å². The monoisotopic (exact) mass is 275 g/mol. The first-order valence-corrected chi connectivity index (χ1v) is 6.99. The highest BCUT2D eigenvalue weighted by molar-refractivity contribution is 5.85. The second kappa shape index (κ2) is 6.57. The van der Waals surface area contributed by atoms with Crippen molar-refractivity contribution >= 4 is 17.7 Å². The van der Waals surface area contributed by atoms with E-state index >= 15 is 0 Å². The van der Waals surface area contributed by atoms with E-state index in [4.69, 9.17) is 9.84 Å². The highest BCUT2D eigenvalue weighted by Gasteiger charge is 2.25. The van der Waals surface area contributed by atoms with Gasteiger partial charge in [0.1, 0.15) is 0 Å². The van der Waals surface area contributed by atoms with Crippen LogP contribution in [0.3, 0.4) is 0 Å².